The Hall–Kier alpha value is -1.66. The quantitative estimate of drug-likeness (QED) is 0.882. The van der Waals surface area contributed by atoms with Crippen molar-refractivity contribution in [3.63, 3.8) is 0 Å². The molecule has 22 heavy (non-hydrogen) atoms. The van der Waals surface area contributed by atoms with Crippen LogP contribution in [0, 0.1) is 12.3 Å². The summed E-state index contributed by atoms with van der Waals surface area (Å²) in [5.41, 5.74) is 2.90. The van der Waals surface area contributed by atoms with E-state index in [1.54, 1.807) is 0 Å². The number of aryl methyl sites for hydroxylation is 2. The lowest BCUT2D eigenvalue weighted by atomic mass is 9.58. The van der Waals surface area contributed by atoms with Gasteiger partial charge in [-0.25, -0.2) is 4.98 Å². The van der Waals surface area contributed by atoms with Crippen LogP contribution in [0.5, 0.6) is 0 Å². The van der Waals surface area contributed by atoms with Crippen LogP contribution in [0.15, 0.2) is 12.3 Å². The van der Waals surface area contributed by atoms with Crippen LogP contribution in [-0.2, 0) is 11.8 Å². The molecule has 6 nitrogen and oxygen atoms in total. The zero-order valence-corrected chi connectivity index (χ0v) is 13.0. The number of hydrogen-bond acceptors (Lipinski definition) is 5. The standard InChI is InChI=1S/C16H22N4O2/c1-10-14-11(3-6-17-15(14)20(2)19-10)18-12-9-13(21)16(12)4-7-22-8-5-16/h3,6,12-13,21H,4-5,7-9H2,1-2H3,(H,17,18)/t12-,13-/m1/s1. The summed E-state index contributed by atoms with van der Waals surface area (Å²) in [6, 6.07) is 2.30. The molecule has 1 aliphatic carbocycles. The van der Waals surface area contributed by atoms with Crippen LogP contribution in [0.3, 0.4) is 0 Å². The molecule has 6 heteroatoms. The molecule has 0 bridgehead atoms. The number of aliphatic hydroxyl groups is 1. The first-order valence-electron chi connectivity index (χ1n) is 7.92. The second-order valence-corrected chi connectivity index (χ2v) is 6.56. The lowest BCUT2D eigenvalue weighted by molar-refractivity contribution is -0.133. The second kappa shape index (κ2) is 4.93. The van der Waals surface area contributed by atoms with Crippen LogP contribution in [0.4, 0.5) is 5.69 Å². The van der Waals surface area contributed by atoms with Gasteiger partial charge in [0.05, 0.1) is 17.2 Å². The van der Waals surface area contributed by atoms with Crippen molar-refractivity contribution in [3.8, 4) is 0 Å². The number of fused-ring (bicyclic) bond motifs is 1. The molecule has 2 aromatic heterocycles. The molecule has 4 rings (SSSR count). The molecule has 2 atom stereocenters. The zero-order valence-electron chi connectivity index (χ0n) is 13.0. The van der Waals surface area contributed by atoms with Crippen molar-refractivity contribution in [1.29, 1.82) is 0 Å². The van der Waals surface area contributed by atoms with E-state index in [0.29, 0.717) is 0 Å². The smallest absolute Gasteiger partial charge is 0.159 e. The normalized spacial score (nSPS) is 27.0. The molecule has 2 aromatic rings. The monoisotopic (exact) mass is 302 g/mol. The van der Waals surface area contributed by atoms with Gasteiger partial charge in [-0.1, -0.05) is 0 Å². The SMILES string of the molecule is Cc1nn(C)c2nccc(N[C@@H]3C[C@@H](O)C34CCOCC4)c12. The number of rotatable bonds is 2. The van der Waals surface area contributed by atoms with Crippen molar-refractivity contribution in [3.05, 3.63) is 18.0 Å². The van der Waals surface area contributed by atoms with Crippen LogP contribution in [0.1, 0.15) is 25.0 Å². The first-order chi connectivity index (χ1) is 10.6. The molecule has 3 heterocycles. The maximum absolute atomic E-state index is 10.3. The molecule has 0 aromatic carbocycles. The fraction of sp³-hybridized carbons (Fsp3) is 0.625. The van der Waals surface area contributed by atoms with Gasteiger partial charge in [0.25, 0.3) is 0 Å². The van der Waals surface area contributed by atoms with E-state index in [4.69, 9.17) is 4.74 Å². The number of nitrogens with zero attached hydrogens (tertiary/aromatic N) is 3. The minimum absolute atomic E-state index is 0.0377. The van der Waals surface area contributed by atoms with Gasteiger partial charge in [0, 0.05) is 43.6 Å². The third-order valence-electron chi connectivity index (χ3n) is 5.47. The Balaban J connectivity index is 1.67. The Morgan fingerprint density at radius 3 is 2.91 bits per heavy atom. The van der Waals surface area contributed by atoms with Gasteiger partial charge in [-0.05, 0) is 32.3 Å². The number of aromatic nitrogens is 3. The van der Waals surface area contributed by atoms with Gasteiger partial charge in [-0.3, -0.25) is 4.68 Å². The molecule has 1 aliphatic heterocycles. The number of pyridine rings is 1. The van der Waals surface area contributed by atoms with Crippen molar-refractivity contribution in [2.45, 2.75) is 38.3 Å². The van der Waals surface area contributed by atoms with Gasteiger partial charge in [0.2, 0.25) is 0 Å². The summed E-state index contributed by atoms with van der Waals surface area (Å²) in [6.45, 7) is 3.49. The van der Waals surface area contributed by atoms with Crippen molar-refractivity contribution < 1.29 is 9.84 Å². The maximum Gasteiger partial charge on any atom is 0.159 e. The fourth-order valence-corrected chi connectivity index (χ4v) is 4.08. The van der Waals surface area contributed by atoms with E-state index in [1.165, 1.54) is 0 Å². The number of aliphatic hydroxyl groups excluding tert-OH is 1. The highest BCUT2D eigenvalue weighted by Crippen LogP contribution is 2.50. The Kier molecular flexibility index (Phi) is 3.13. The number of hydrogen-bond donors (Lipinski definition) is 2. The van der Waals surface area contributed by atoms with Crippen LogP contribution in [0.2, 0.25) is 0 Å². The van der Waals surface area contributed by atoms with E-state index >= 15 is 0 Å². The van der Waals surface area contributed by atoms with Crippen LogP contribution >= 0.6 is 0 Å². The average molecular weight is 302 g/mol. The zero-order chi connectivity index (χ0) is 15.3. The van der Waals surface area contributed by atoms with Gasteiger partial charge in [0.1, 0.15) is 0 Å². The van der Waals surface area contributed by atoms with Crippen molar-refractivity contribution >= 4 is 16.7 Å². The summed E-state index contributed by atoms with van der Waals surface area (Å²) in [5.74, 6) is 0. The Labute approximate surface area is 129 Å². The molecule has 0 unspecified atom stereocenters. The number of anilines is 1. The predicted octanol–water partition coefficient (Wildman–Crippen LogP) is 1.62. The number of ether oxygens (including phenoxy) is 1. The summed E-state index contributed by atoms with van der Waals surface area (Å²) in [7, 11) is 1.92. The molecule has 0 radical (unpaired) electrons. The number of nitrogens with one attached hydrogen (secondary N) is 1. The van der Waals surface area contributed by atoms with E-state index in [-0.39, 0.29) is 17.6 Å². The van der Waals surface area contributed by atoms with Gasteiger partial charge in [0.15, 0.2) is 5.65 Å². The summed E-state index contributed by atoms with van der Waals surface area (Å²) in [4.78, 5) is 4.42. The molecule has 2 N–H and O–H groups in total. The molecule has 1 saturated carbocycles. The van der Waals surface area contributed by atoms with Gasteiger partial charge < -0.3 is 15.2 Å². The lowest BCUT2D eigenvalue weighted by Gasteiger charge is -2.56. The predicted molar refractivity (Wildman–Crippen MR) is 83.8 cm³/mol. The van der Waals surface area contributed by atoms with E-state index < -0.39 is 0 Å². The molecule has 2 fully saturated rings. The average Bonchev–Trinajstić information content (AvgIpc) is 2.83. The summed E-state index contributed by atoms with van der Waals surface area (Å²) in [6.07, 6.45) is 4.24. The fourth-order valence-electron chi connectivity index (χ4n) is 4.08. The largest absolute Gasteiger partial charge is 0.392 e. The topological polar surface area (TPSA) is 72.2 Å². The summed E-state index contributed by atoms with van der Waals surface area (Å²) in [5, 5.41) is 19.5. The van der Waals surface area contributed by atoms with Gasteiger partial charge >= 0.3 is 0 Å². The summed E-state index contributed by atoms with van der Waals surface area (Å²) < 4.78 is 7.29. The Morgan fingerprint density at radius 2 is 2.18 bits per heavy atom. The molecule has 0 amide bonds. The third-order valence-corrected chi connectivity index (χ3v) is 5.47. The first kappa shape index (κ1) is 14.0. The molecule has 1 spiro atoms. The lowest BCUT2D eigenvalue weighted by Crippen LogP contribution is -2.62. The highest BCUT2D eigenvalue weighted by atomic mass is 16.5. The second-order valence-electron chi connectivity index (χ2n) is 6.56. The van der Waals surface area contributed by atoms with Crippen LogP contribution in [0.25, 0.3) is 11.0 Å². The van der Waals surface area contributed by atoms with Gasteiger partial charge in [-0.15, -0.1) is 0 Å². The molecular weight excluding hydrogens is 280 g/mol. The van der Waals surface area contributed by atoms with E-state index in [0.717, 1.165) is 54.9 Å². The Morgan fingerprint density at radius 1 is 1.41 bits per heavy atom. The maximum atomic E-state index is 10.3. The molecule has 1 saturated heterocycles. The minimum Gasteiger partial charge on any atom is -0.392 e. The minimum atomic E-state index is -0.221. The van der Waals surface area contributed by atoms with Crippen LogP contribution < -0.4 is 5.32 Å². The molecule has 2 aliphatic rings. The van der Waals surface area contributed by atoms with Gasteiger partial charge in [-0.2, -0.15) is 5.10 Å². The van der Waals surface area contributed by atoms with Crippen molar-refractivity contribution in [1.82, 2.24) is 14.8 Å². The summed E-state index contributed by atoms with van der Waals surface area (Å²) >= 11 is 0. The highest BCUT2D eigenvalue weighted by molar-refractivity contribution is 5.91. The third kappa shape index (κ3) is 1.87. The van der Waals surface area contributed by atoms with Crippen molar-refractivity contribution in [2.24, 2.45) is 12.5 Å². The van der Waals surface area contributed by atoms with E-state index in [9.17, 15) is 5.11 Å². The van der Waals surface area contributed by atoms with Crippen LogP contribution in [-0.4, -0.2) is 45.2 Å². The van der Waals surface area contributed by atoms with E-state index in [2.05, 4.69) is 15.4 Å². The Bertz CT molecular complexity index is 705. The molecular formula is C16H22N4O2. The first-order valence-corrected chi connectivity index (χ1v) is 7.92. The molecule has 118 valence electrons. The highest BCUT2D eigenvalue weighted by Gasteiger charge is 2.54. The van der Waals surface area contributed by atoms with Crippen molar-refractivity contribution in [2.75, 3.05) is 18.5 Å². The van der Waals surface area contributed by atoms with E-state index in [1.807, 2.05) is 30.9 Å².